The van der Waals surface area contributed by atoms with Gasteiger partial charge < -0.3 is 14.2 Å². The van der Waals surface area contributed by atoms with E-state index in [2.05, 4.69) is 6.58 Å². The van der Waals surface area contributed by atoms with E-state index in [1.807, 2.05) is 19.1 Å². The van der Waals surface area contributed by atoms with Gasteiger partial charge in [-0.05, 0) is 19.1 Å². The van der Waals surface area contributed by atoms with Crippen LogP contribution in [0.5, 0.6) is 17.2 Å². The van der Waals surface area contributed by atoms with Crippen molar-refractivity contribution in [3.8, 4) is 17.2 Å². The Bertz CT molecular complexity index is 371. The molecule has 1 atom stereocenters. The van der Waals surface area contributed by atoms with Gasteiger partial charge in [0.05, 0.1) is 7.11 Å². The molecule has 0 amide bonds. The molecular formula is C11H12O3. The summed E-state index contributed by atoms with van der Waals surface area (Å²) in [6.45, 7) is 5.66. The molecule has 3 heteroatoms. The lowest BCUT2D eigenvalue weighted by Gasteiger charge is -2.25. The zero-order valence-corrected chi connectivity index (χ0v) is 8.24. The molecule has 0 fully saturated rings. The van der Waals surface area contributed by atoms with Crippen LogP contribution < -0.4 is 14.2 Å². The fourth-order valence-electron chi connectivity index (χ4n) is 1.27. The molecule has 1 aromatic rings. The first-order valence-corrected chi connectivity index (χ1v) is 4.42. The van der Waals surface area contributed by atoms with Crippen LogP contribution in [0.3, 0.4) is 0 Å². The smallest absolute Gasteiger partial charge is 0.172 e. The highest BCUT2D eigenvalue weighted by Gasteiger charge is 2.21. The van der Waals surface area contributed by atoms with Crippen LogP contribution in [0.4, 0.5) is 0 Å². The van der Waals surface area contributed by atoms with Gasteiger partial charge in [-0.2, -0.15) is 0 Å². The van der Waals surface area contributed by atoms with Crippen molar-refractivity contribution in [3.05, 3.63) is 30.5 Å². The van der Waals surface area contributed by atoms with Crippen molar-refractivity contribution in [2.45, 2.75) is 13.0 Å². The van der Waals surface area contributed by atoms with E-state index < -0.39 is 0 Å². The maximum Gasteiger partial charge on any atom is 0.172 e. The predicted octanol–water partition coefficient (Wildman–Crippen LogP) is 2.37. The summed E-state index contributed by atoms with van der Waals surface area (Å²) < 4.78 is 16.1. The van der Waals surface area contributed by atoms with Crippen molar-refractivity contribution in [2.24, 2.45) is 0 Å². The fraction of sp³-hybridized carbons (Fsp3) is 0.273. The predicted molar refractivity (Wildman–Crippen MR) is 52.9 cm³/mol. The van der Waals surface area contributed by atoms with Crippen LogP contribution in [-0.2, 0) is 0 Å². The van der Waals surface area contributed by atoms with Crippen LogP contribution in [0, 0.1) is 0 Å². The Labute approximate surface area is 82.9 Å². The third kappa shape index (κ3) is 1.41. The molecule has 1 aliphatic rings. The largest absolute Gasteiger partial charge is 0.497 e. The standard InChI is InChI=1S/C11H12O3/c1-7-8(2)14-11-6-9(12-3)4-5-10(11)13-7/h4-7H,2H2,1,3H3. The molecule has 0 saturated heterocycles. The zero-order chi connectivity index (χ0) is 10.1. The van der Waals surface area contributed by atoms with Crippen LogP contribution in [0.2, 0.25) is 0 Å². The molecule has 0 spiro atoms. The third-order valence-corrected chi connectivity index (χ3v) is 2.15. The summed E-state index contributed by atoms with van der Waals surface area (Å²) in [5.41, 5.74) is 0. The Morgan fingerprint density at radius 1 is 1.36 bits per heavy atom. The number of benzene rings is 1. The maximum atomic E-state index is 5.56. The summed E-state index contributed by atoms with van der Waals surface area (Å²) in [4.78, 5) is 0. The Morgan fingerprint density at radius 2 is 2.14 bits per heavy atom. The molecule has 0 radical (unpaired) electrons. The summed E-state index contributed by atoms with van der Waals surface area (Å²) in [5.74, 6) is 2.75. The zero-order valence-electron chi connectivity index (χ0n) is 8.24. The lowest BCUT2D eigenvalue weighted by atomic mass is 10.2. The van der Waals surface area contributed by atoms with Crippen molar-refractivity contribution >= 4 is 0 Å². The Hall–Kier alpha value is -1.64. The highest BCUT2D eigenvalue weighted by atomic mass is 16.6. The van der Waals surface area contributed by atoms with Crippen molar-refractivity contribution in [2.75, 3.05) is 7.11 Å². The van der Waals surface area contributed by atoms with Crippen LogP contribution >= 0.6 is 0 Å². The van der Waals surface area contributed by atoms with Gasteiger partial charge in [0.25, 0.3) is 0 Å². The number of hydrogen-bond acceptors (Lipinski definition) is 3. The molecule has 0 aliphatic carbocycles. The van der Waals surface area contributed by atoms with E-state index in [0.717, 1.165) is 11.5 Å². The highest BCUT2D eigenvalue weighted by Crippen LogP contribution is 2.37. The molecule has 0 saturated carbocycles. The molecule has 1 aliphatic heterocycles. The topological polar surface area (TPSA) is 27.7 Å². The SMILES string of the molecule is C=C1Oc2cc(OC)ccc2OC1C. The van der Waals surface area contributed by atoms with Gasteiger partial charge in [-0.1, -0.05) is 6.58 Å². The maximum absolute atomic E-state index is 5.56. The molecule has 0 bridgehead atoms. The van der Waals surface area contributed by atoms with Crippen LogP contribution in [0.25, 0.3) is 0 Å². The Balaban J connectivity index is 2.37. The quantitative estimate of drug-likeness (QED) is 0.683. The summed E-state index contributed by atoms with van der Waals surface area (Å²) >= 11 is 0. The van der Waals surface area contributed by atoms with E-state index in [1.165, 1.54) is 0 Å². The van der Waals surface area contributed by atoms with Crippen molar-refractivity contribution in [1.29, 1.82) is 0 Å². The van der Waals surface area contributed by atoms with E-state index in [9.17, 15) is 0 Å². The minimum absolute atomic E-state index is 0.101. The second-order valence-corrected chi connectivity index (χ2v) is 3.14. The molecule has 3 nitrogen and oxygen atoms in total. The summed E-state index contributed by atoms with van der Waals surface area (Å²) in [6, 6.07) is 5.45. The molecular weight excluding hydrogens is 180 g/mol. The second kappa shape index (κ2) is 3.25. The number of ether oxygens (including phenoxy) is 3. The van der Waals surface area contributed by atoms with Gasteiger partial charge in [0, 0.05) is 6.07 Å². The fourth-order valence-corrected chi connectivity index (χ4v) is 1.27. The molecule has 0 N–H and O–H groups in total. The third-order valence-electron chi connectivity index (χ3n) is 2.15. The first-order valence-electron chi connectivity index (χ1n) is 4.42. The van der Waals surface area contributed by atoms with Gasteiger partial charge in [-0.25, -0.2) is 0 Å². The first kappa shape index (κ1) is 8.94. The summed E-state index contributed by atoms with van der Waals surface area (Å²) in [7, 11) is 1.61. The van der Waals surface area contributed by atoms with E-state index >= 15 is 0 Å². The van der Waals surface area contributed by atoms with E-state index in [-0.39, 0.29) is 6.10 Å². The normalized spacial score (nSPS) is 19.3. The molecule has 1 heterocycles. The summed E-state index contributed by atoms with van der Waals surface area (Å²) in [5, 5.41) is 0. The average Bonchev–Trinajstić information content (AvgIpc) is 2.19. The van der Waals surface area contributed by atoms with Gasteiger partial charge in [0.15, 0.2) is 17.6 Å². The minimum Gasteiger partial charge on any atom is -0.497 e. The van der Waals surface area contributed by atoms with Gasteiger partial charge in [-0.3, -0.25) is 0 Å². The lowest BCUT2D eigenvalue weighted by molar-refractivity contribution is 0.161. The monoisotopic (exact) mass is 192 g/mol. The van der Waals surface area contributed by atoms with Crippen molar-refractivity contribution in [1.82, 2.24) is 0 Å². The van der Waals surface area contributed by atoms with Gasteiger partial charge in [-0.15, -0.1) is 0 Å². The van der Waals surface area contributed by atoms with Gasteiger partial charge in [0.1, 0.15) is 11.5 Å². The van der Waals surface area contributed by atoms with E-state index in [1.54, 1.807) is 13.2 Å². The first-order chi connectivity index (χ1) is 6.70. The number of hydrogen-bond donors (Lipinski definition) is 0. The molecule has 2 rings (SSSR count). The van der Waals surface area contributed by atoms with Crippen LogP contribution in [0.15, 0.2) is 30.5 Å². The van der Waals surface area contributed by atoms with Crippen LogP contribution in [0.1, 0.15) is 6.92 Å². The number of rotatable bonds is 1. The average molecular weight is 192 g/mol. The molecule has 0 aromatic heterocycles. The molecule has 1 aromatic carbocycles. The second-order valence-electron chi connectivity index (χ2n) is 3.14. The number of fused-ring (bicyclic) bond motifs is 1. The van der Waals surface area contributed by atoms with E-state index in [4.69, 9.17) is 14.2 Å². The lowest BCUT2D eigenvalue weighted by Crippen LogP contribution is -2.22. The number of methoxy groups -OCH3 is 1. The molecule has 14 heavy (non-hydrogen) atoms. The van der Waals surface area contributed by atoms with Crippen LogP contribution in [-0.4, -0.2) is 13.2 Å². The molecule has 1 unspecified atom stereocenters. The minimum atomic E-state index is -0.101. The van der Waals surface area contributed by atoms with Gasteiger partial charge >= 0.3 is 0 Å². The van der Waals surface area contributed by atoms with Gasteiger partial charge in [0.2, 0.25) is 0 Å². The highest BCUT2D eigenvalue weighted by molar-refractivity contribution is 5.48. The molecule has 74 valence electrons. The van der Waals surface area contributed by atoms with E-state index in [0.29, 0.717) is 11.5 Å². The van der Waals surface area contributed by atoms with Crippen molar-refractivity contribution < 1.29 is 14.2 Å². The Morgan fingerprint density at radius 3 is 2.86 bits per heavy atom. The Kier molecular flexibility index (Phi) is 2.08. The van der Waals surface area contributed by atoms with Crippen molar-refractivity contribution in [3.63, 3.8) is 0 Å². The summed E-state index contributed by atoms with van der Waals surface area (Å²) in [6.07, 6.45) is -0.101.